The number of carbonyl (C=O) groups excluding carboxylic acids is 1. The molecule has 1 aromatic heterocycles. The van der Waals surface area contributed by atoms with Crippen LogP contribution in [-0.4, -0.2) is 19.4 Å². The van der Waals surface area contributed by atoms with Gasteiger partial charge < -0.3 is 10.6 Å². The lowest BCUT2D eigenvalue weighted by molar-refractivity contribution is 0.251. The first-order valence-electron chi connectivity index (χ1n) is 7.90. The Hall–Kier alpha value is -3.19. The summed E-state index contributed by atoms with van der Waals surface area (Å²) in [6, 6.07) is 17.5. The van der Waals surface area contributed by atoms with Crippen LogP contribution in [0.2, 0.25) is 0 Å². The van der Waals surface area contributed by atoms with E-state index in [1.165, 1.54) is 12.1 Å². The highest BCUT2D eigenvalue weighted by Gasteiger charge is 2.16. The second-order valence-electron chi connectivity index (χ2n) is 5.50. The predicted molar refractivity (Wildman–Crippen MR) is 98.4 cm³/mol. The third-order valence-corrected chi connectivity index (χ3v) is 5.46. The summed E-state index contributed by atoms with van der Waals surface area (Å²) in [5.41, 5.74) is 1.43. The van der Waals surface area contributed by atoms with Gasteiger partial charge in [-0.3, -0.25) is 4.98 Å². The molecule has 3 rings (SSSR count). The van der Waals surface area contributed by atoms with Crippen LogP contribution in [0.25, 0.3) is 0 Å². The maximum Gasteiger partial charge on any atom is 0.319 e. The highest BCUT2D eigenvalue weighted by atomic mass is 32.2. The SMILES string of the molecule is O=C(NCc1ccncc1)Nc1ccc(S(=O)(=O)c2ccccc2)cc1. The van der Waals surface area contributed by atoms with Crippen LogP contribution in [0.15, 0.2) is 88.9 Å². The molecule has 0 unspecified atom stereocenters. The van der Waals surface area contributed by atoms with Crippen molar-refractivity contribution in [2.24, 2.45) is 0 Å². The van der Waals surface area contributed by atoms with E-state index in [-0.39, 0.29) is 15.8 Å². The van der Waals surface area contributed by atoms with Crippen LogP contribution in [-0.2, 0) is 16.4 Å². The number of nitrogens with one attached hydrogen (secondary N) is 2. The van der Waals surface area contributed by atoms with Crippen molar-refractivity contribution < 1.29 is 13.2 Å². The van der Waals surface area contributed by atoms with E-state index >= 15 is 0 Å². The van der Waals surface area contributed by atoms with E-state index in [1.54, 1.807) is 54.9 Å². The van der Waals surface area contributed by atoms with Crippen molar-refractivity contribution in [1.82, 2.24) is 10.3 Å². The standard InChI is InChI=1S/C19H17N3O3S/c23-19(21-14-15-10-12-20-13-11-15)22-16-6-8-18(9-7-16)26(24,25)17-4-2-1-3-5-17/h1-13H,14H2,(H2,21,22,23). The smallest absolute Gasteiger partial charge is 0.319 e. The Morgan fingerprint density at radius 2 is 1.46 bits per heavy atom. The number of amides is 2. The maximum absolute atomic E-state index is 12.5. The first-order valence-corrected chi connectivity index (χ1v) is 9.38. The Morgan fingerprint density at radius 1 is 0.846 bits per heavy atom. The zero-order valence-corrected chi connectivity index (χ0v) is 14.6. The molecule has 6 nitrogen and oxygen atoms in total. The van der Waals surface area contributed by atoms with Crippen LogP contribution in [0.4, 0.5) is 10.5 Å². The highest BCUT2D eigenvalue weighted by Crippen LogP contribution is 2.22. The van der Waals surface area contributed by atoms with Crippen LogP contribution < -0.4 is 10.6 Å². The zero-order valence-electron chi connectivity index (χ0n) is 13.8. The molecule has 0 saturated heterocycles. The van der Waals surface area contributed by atoms with Gasteiger partial charge in [0.2, 0.25) is 9.84 Å². The third kappa shape index (κ3) is 4.25. The molecule has 0 atom stereocenters. The molecule has 1 heterocycles. The van der Waals surface area contributed by atoms with Crippen LogP contribution in [0.1, 0.15) is 5.56 Å². The van der Waals surface area contributed by atoms with E-state index in [4.69, 9.17) is 0 Å². The Bertz CT molecular complexity index is 974. The number of hydrogen-bond acceptors (Lipinski definition) is 4. The number of anilines is 1. The molecule has 0 aliphatic heterocycles. The molecular formula is C19H17N3O3S. The van der Waals surface area contributed by atoms with Gasteiger partial charge >= 0.3 is 6.03 Å². The molecule has 2 N–H and O–H groups in total. The Morgan fingerprint density at radius 3 is 2.12 bits per heavy atom. The average Bonchev–Trinajstić information content (AvgIpc) is 2.68. The summed E-state index contributed by atoms with van der Waals surface area (Å²) in [6.07, 6.45) is 3.31. The minimum absolute atomic E-state index is 0.173. The Labute approximate surface area is 151 Å². The van der Waals surface area contributed by atoms with Crippen molar-refractivity contribution in [3.05, 3.63) is 84.7 Å². The molecule has 7 heteroatoms. The van der Waals surface area contributed by atoms with E-state index in [1.807, 2.05) is 12.1 Å². The summed E-state index contributed by atoms with van der Waals surface area (Å²) < 4.78 is 25.0. The first kappa shape index (κ1) is 17.6. The van der Waals surface area contributed by atoms with E-state index in [0.717, 1.165) is 5.56 Å². The molecule has 0 fully saturated rings. The number of nitrogens with zero attached hydrogens (tertiary/aromatic N) is 1. The fourth-order valence-corrected chi connectivity index (χ4v) is 3.59. The van der Waals surface area contributed by atoms with Crippen molar-refractivity contribution >= 4 is 21.6 Å². The number of urea groups is 1. The molecule has 0 aliphatic carbocycles. The van der Waals surface area contributed by atoms with Crippen LogP contribution >= 0.6 is 0 Å². The molecule has 2 aromatic carbocycles. The average molecular weight is 367 g/mol. The van der Waals surface area contributed by atoms with Gasteiger partial charge in [0.05, 0.1) is 9.79 Å². The minimum Gasteiger partial charge on any atom is -0.334 e. The molecule has 0 saturated carbocycles. The summed E-state index contributed by atoms with van der Waals surface area (Å²) in [5.74, 6) is 0. The van der Waals surface area contributed by atoms with Crippen LogP contribution in [0, 0.1) is 0 Å². The quantitative estimate of drug-likeness (QED) is 0.725. The molecule has 0 spiro atoms. The van der Waals surface area contributed by atoms with Gasteiger partial charge in [-0.05, 0) is 54.1 Å². The summed E-state index contributed by atoms with van der Waals surface area (Å²) in [6.45, 7) is 0.370. The maximum atomic E-state index is 12.5. The van der Waals surface area contributed by atoms with Crippen LogP contribution in [0.5, 0.6) is 0 Å². The van der Waals surface area contributed by atoms with E-state index < -0.39 is 9.84 Å². The van der Waals surface area contributed by atoms with Gasteiger partial charge in [-0.1, -0.05) is 18.2 Å². The number of pyridine rings is 1. The molecule has 0 radical (unpaired) electrons. The van der Waals surface area contributed by atoms with Gasteiger partial charge in [0, 0.05) is 24.6 Å². The number of benzene rings is 2. The lowest BCUT2D eigenvalue weighted by Crippen LogP contribution is -2.28. The molecule has 2 amide bonds. The van der Waals surface area contributed by atoms with Crippen LogP contribution in [0.3, 0.4) is 0 Å². The molecule has 3 aromatic rings. The molecule has 0 aliphatic rings. The summed E-state index contributed by atoms with van der Waals surface area (Å²) >= 11 is 0. The number of aromatic nitrogens is 1. The highest BCUT2D eigenvalue weighted by molar-refractivity contribution is 7.91. The van der Waals surface area contributed by atoms with Gasteiger partial charge in [-0.2, -0.15) is 0 Å². The van der Waals surface area contributed by atoms with Gasteiger partial charge in [-0.15, -0.1) is 0 Å². The molecule has 0 bridgehead atoms. The van der Waals surface area contributed by atoms with E-state index in [2.05, 4.69) is 15.6 Å². The third-order valence-electron chi connectivity index (χ3n) is 3.68. The summed E-state index contributed by atoms with van der Waals surface area (Å²) in [5, 5.41) is 5.39. The lowest BCUT2D eigenvalue weighted by Gasteiger charge is -2.09. The number of sulfone groups is 1. The zero-order chi connectivity index (χ0) is 18.4. The number of carbonyl (C=O) groups is 1. The van der Waals surface area contributed by atoms with Gasteiger partial charge in [0.1, 0.15) is 0 Å². The molecular weight excluding hydrogens is 350 g/mol. The number of rotatable bonds is 5. The van der Waals surface area contributed by atoms with Gasteiger partial charge in [0.15, 0.2) is 0 Å². The first-order chi connectivity index (χ1) is 12.6. The lowest BCUT2D eigenvalue weighted by atomic mass is 10.3. The predicted octanol–water partition coefficient (Wildman–Crippen LogP) is 3.24. The van der Waals surface area contributed by atoms with Crippen molar-refractivity contribution in [2.45, 2.75) is 16.3 Å². The largest absolute Gasteiger partial charge is 0.334 e. The van der Waals surface area contributed by atoms with E-state index in [0.29, 0.717) is 12.2 Å². The monoisotopic (exact) mass is 367 g/mol. The topological polar surface area (TPSA) is 88.2 Å². The van der Waals surface area contributed by atoms with Crippen molar-refractivity contribution in [3.8, 4) is 0 Å². The summed E-state index contributed by atoms with van der Waals surface area (Å²) in [4.78, 5) is 16.3. The molecule has 132 valence electrons. The minimum atomic E-state index is -3.56. The summed E-state index contributed by atoms with van der Waals surface area (Å²) in [7, 11) is -3.56. The fourth-order valence-electron chi connectivity index (χ4n) is 2.31. The van der Waals surface area contributed by atoms with E-state index in [9.17, 15) is 13.2 Å². The normalized spacial score (nSPS) is 10.9. The van der Waals surface area contributed by atoms with Gasteiger partial charge in [0.25, 0.3) is 0 Å². The Kier molecular flexibility index (Phi) is 5.28. The molecule has 26 heavy (non-hydrogen) atoms. The van der Waals surface area contributed by atoms with Crippen molar-refractivity contribution in [1.29, 1.82) is 0 Å². The van der Waals surface area contributed by atoms with Crippen molar-refractivity contribution in [2.75, 3.05) is 5.32 Å². The van der Waals surface area contributed by atoms with Crippen molar-refractivity contribution in [3.63, 3.8) is 0 Å². The second-order valence-corrected chi connectivity index (χ2v) is 7.45. The van der Waals surface area contributed by atoms with Gasteiger partial charge in [-0.25, -0.2) is 13.2 Å². The fraction of sp³-hybridized carbons (Fsp3) is 0.0526. The second kappa shape index (κ2) is 7.79. The Balaban J connectivity index is 1.63. The number of hydrogen-bond donors (Lipinski definition) is 2.